The molecule has 0 fully saturated rings. The van der Waals surface area contributed by atoms with Crippen LogP contribution in [0.4, 0.5) is 11.5 Å². The van der Waals surface area contributed by atoms with Crippen LogP contribution in [0.1, 0.15) is 6.42 Å². The summed E-state index contributed by atoms with van der Waals surface area (Å²) in [6, 6.07) is 0. The highest BCUT2D eigenvalue weighted by Crippen LogP contribution is 2.17. The van der Waals surface area contributed by atoms with Crippen LogP contribution in [-0.2, 0) is 16.1 Å². The van der Waals surface area contributed by atoms with E-state index in [4.69, 9.17) is 15.6 Å². The number of hydrogen-bond donors (Lipinski definition) is 3. The lowest BCUT2D eigenvalue weighted by atomic mass is 10.4. The van der Waals surface area contributed by atoms with Gasteiger partial charge in [-0.2, -0.15) is 5.10 Å². The lowest BCUT2D eigenvalue weighted by Gasteiger charge is -2.08. The number of ether oxygens (including phenoxy) is 1. The van der Waals surface area contributed by atoms with Crippen molar-refractivity contribution in [2.24, 2.45) is 0 Å². The van der Waals surface area contributed by atoms with E-state index in [1.54, 1.807) is 11.8 Å². The van der Waals surface area contributed by atoms with Crippen molar-refractivity contribution in [2.45, 2.75) is 13.0 Å². The largest absolute Gasteiger partial charge is 0.480 e. The van der Waals surface area contributed by atoms with Crippen LogP contribution in [0.2, 0.25) is 0 Å². The summed E-state index contributed by atoms with van der Waals surface area (Å²) in [4.78, 5) is 10.4. The number of carboxylic acid groups (broad SMARTS) is 1. The molecule has 7 heteroatoms. The molecule has 0 atom stereocenters. The molecule has 1 aromatic heterocycles. The Morgan fingerprint density at radius 2 is 2.50 bits per heavy atom. The van der Waals surface area contributed by atoms with Crippen molar-refractivity contribution in [2.75, 3.05) is 31.3 Å². The van der Waals surface area contributed by atoms with E-state index in [0.717, 1.165) is 6.42 Å². The molecule has 0 radical (unpaired) electrons. The second-order valence-electron chi connectivity index (χ2n) is 3.27. The van der Waals surface area contributed by atoms with Crippen LogP contribution in [0, 0.1) is 0 Å². The predicted octanol–water partition coefficient (Wildman–Crippen LogP) is -0.00170. The average Bonchev–Trinajstić information content (AvgIpc) is 2.57. The monoisotopic (exact) mass is 228 g/mol. The highest BCUT2D eigenvalue weighted by molar-refractivity contribution is 5.74. The van der Waals surface area contributed by atoms with Crippen molar-refractivity contribution in [3.63, 3.8) is 0 Å². The van der Waals surface area contributed by atoms with Gasteiger partial charge in [0.05, 0.1) is 11.9 Å². The SMILES string of the molecule is COCCCn1ncc(N)c1NCC(=O)O. The number of aromatic nitrogens is 2. The van der Waals surface area contributed by atoms with Gasteiger partial charge in [0.2, 0.25) is 0 Å². The molecule has 7 nitrogen and oxygen atoms in total. The van der Waals surface area contributed by atoms with Crippen LogP contribution in [-0.4, -0.2) is 41.1 Å². The third-order valence-electron chi connectivity index (χ3n) is 1.99. The van der Waals surface area contributed by atoms with Crippen molar-refractivity contribution < 1.29 is 14.6 Å². The van der Waals surface area contributed by atoms with Gasteiger partial charge in [-0.15, -0.1) is 0 Å². The summed E-state index contributed by atoms with van der Waals surface area (Å²) < 4.78 is 6.56. The van der Waals surface area contributed by atoms with E-state index in [-0.39, 0.29) is 6.54 Å². The van der Waals surface area contributed by atoms with Crippen molar-refractivity contribution in [3.8, 4) is 0 Å². The summed E-state index contributed by atoms with van der Waals surface area (Å²) in [6.45, 7) is 1.07. The van der Waals surface area contributed by atoms with Gasteiger partial charge in [-0.1, -0.05) is 0 Å². The summed E-state index contributed by atoms with van der Waals surface area (Å²) >= 11 is 0. The summed E-state index contributed by atoms with van der Waals surface area (Å²) in [5.74, 6) is -0.400. The van der Waals surface area contributed by atoms with Crippen molar-refractivity contribution in [3.05, 3.63) is 6.20 Å². The minimum Gasteiger partial charge on any atom is -0.480 e. The summed E-state index contributed by atoms with van der Waals surface area (Å²) in [7, 11) is 1.63. The topological polar surface area (TPSA) is 102 Å². The molecule has 90 valence electrons. The molecular formula is C9H16N4O3. The number of hydrogen-bond acceptors (Lipinski definition) is 5. The highest BCUT2D eigenvalue weighted by Gasteiger charge is 2.08. The maximum atomic E-state index is 10.4. The number of carboxylic acids is 1. The lowest BCUT2D eigenvalue weighted by molar-refractivity contribution is -0.134. The second kappa shape index (κ2) is 5.96. The molecule has 0 saturated carbocycles. The number of nitrogen functional groups attached to an aromatic ring is 1. The van der Waals surface area contributed by atoms with E-state index in [1.165, 1.54) is 6.20 Å². The zero-order valence-electron chi connectivity index (χ0n) is 9.14. The summed E-state index contributed by atoms with van der Waals surface area (Å²) in [6.07, 6.45) is 2.29. The molecule has 0 unspecified atom stereocenters. The van der Waals surface area contributed by atoms with E-state index in [9.17, 15) is 4.79 Å². The van der Waals surface area contributed by atoms with E-state index in [0.29, 0.717) is 24.7 Å². The Labute approximate surface area is 93.2 Å². The fourth-order valence-electron chi connectivity index (χ4n) is 1.28. The van der Waals surface area contributed by atoms with E-state index in [2.05, 4.69) is 10.4 Å². The first-order valence-corrected chi connectivity index (χ1v) is 4.91. The number of carbonyl (C=O) groups is 1. The van der Waals surface area contributed by atoms with Gasteiger partial charge < -0.3 is 20.9 Å². The Balaban J connectivity index is 2.58. The third-order valence-corrected chi connectivity index (χ3v) is 1.99. The maximum absolute atomic E-state index is 10.4. The number of rotatable bonds is 7. The van der Waals surface area contributed by atoms with Crippen LogP contribution in [0.25, 0.3) is 0 Å². The first-order valence-electron chi connectivity index (χ1n) is 4.91. The number of anilines is 2. The van der Waals surface area contributed by atoms with Crippen LogP contribution >= 0.6 is 0 Å². The molecule has 1 aromatic rings. The summed E-state index contributed by atoms with van der Waals surface area (Å²) in [5.41, 5.74) is 6.11. The Hall–Kier alpha value is -1.76. The van der Waals surface area contributed by atoms with Gasteiger partial charge in [-0.3, -0.25) is 4.79 Å². The first-order chi connectivity index (χ1) is 7.65. The molecule has 0 aliphatic heterocycles. The molecule has 0 saturated heterocycles. The summed E-state index contributed by atoms with van der Waals surface area (Å²) in [5, 5.41) is 15.3. The van der Waals surface area contributed by atoms with E-state index >= 15 is 0 Å². The maximum Gasteiger partial charge on any atom is 0.322 e. The van der Waals surface area contributed by atoms with Gasteiger partial charge in [-0.25, -0.2) is 4.68 Å². The van der Waals surface area contributed by atoms with Gasteiger partial charge in [0.15, 0.2) is 0 Å². The lowest BCUT2D eigenvalue weighted by Crippen LogP contribution is -2.17. The third kappa shape index (κ3) is 3.43. The number of aliphatic carboxylic acids is 1. The van der Waals surface area contributed by atoms with Gasteiger partial charge in [0.25, 0.3) is 0 Å². The molecule has 0 aliphatic rings. The second-order valence-corrected chi connectivity index (χ2v) is 3.27. The molecular weight excluding hydrogens is 212 g/mol. The normalized spacial score (nSPS) is 10.3. The minimum atomic E-state index is -0.941. The Kier molecular flexibility index (Phi) is 4.59. The minimum absolute atomic E-state index is 0.180. The van der Waals surface area contributed by atoms with Gasteiger partial charge in [-0.05, 0) is 6.42 Å². The smallest absolute Gasteiger partial charge is 0.322 e. The quantitative estimate of drug-likeness (QED) is 0.568. The highest BCUT2D eigenvalue weighted by atomic mass is 16.5. The van der Waals surface area contributed by atoms with Gasteiger partial charge in [0.1, 0.15) is 12.4 Å². The van der Waals surface area contributed by atoms with Gasteiger partial charge in [0, 0.05) is 20.3 Å². The van der Waals surface area contributed by atoms with E-state index < -0.39 is 5.97 Å². The fourth-order valence-corrected chi connectivity index (χ4v) is 1.28. The Bertz CT molecular complexity index is 351. The van der Waals surface area contributed by atoms with Crippen molar-refractivity contribution in [1.82, 2.24) is 9.78 Å². The molecule has 1 rings (SSSR count). The number of aryl methyl sites for hydroxylation is 1. The zero-order chi connectivity index (χ0) is 12.0. The van der Waals surface area contributed by atoms with Crippen LogP contribution in [0.5, 0.6) is 0 Å². The molecule has 0 spiro atoms. The molecule has 4 N–H and O–H groups in total. The zero-order valence-corrected chi connectivity index (χ0v) is 9.14. The number of nitrogens with two attached hydrogens (primary N) is 1. The van der Waals surface area contributed by atoms with Gasteiger partial charge >= 0.3 is 5.97 Å². The van der Waals surface area contributed by atoms with Crippen LogP contribution in [0.3, 0.4) is 0 Å². The first kappa shape index (κ1) is 12.3. The number of nitrogens with zero attached hydrogens (tertiary/aromatic N) is 2. The molecule has 0 aliphatic carbocycles. The number of methoxy groups -OCH3 is 1. The van der Waals surface area contributed by atoms with Crippen molar-refractivity contribution in [1.29, 1.82) is 0 Å². The van der Waals surface area contributed by atoms with Crippen LogP contribution in [0.15, 0.2) is 6.20 Å². The standard InChI is InChI=1S/C9H16N4O3/c1-16-4-2-3-13-9(7(10)5-12-13)11-6-8(14)15/h5,11H,2-4,6,10H2,1H3,(H,14,15). The van der Waals surface area contributed by atoms with Crippen molar-refractivity contribution >= 4 is 17.5 Å². The Morgan fingerprint density at radius 1 is 1.75 bits per heavy atom. The predicted molar refractivity (Wildman–Crippen MR) is 59.3 cm³/mol. The molecule has 0 amide bonds. The van der Waals surface area contributed by atoms with Crippen LogP contribution < -0.4 is 11.1 Å². The molecule has 1 heterocycles. The van der Waals surface area contributed by atoms with E-state index in [1.807, 2.05) is 0 Å². The molecule has 16 heavy (non-hydrogen) atoms. The average molecular weight is 228 g/mol. The molecule has 0 aromatic carbocycles. The fraction of sp³-hybridized carbons (Fsp3) is 0.556. The Morgan fingerprint density at radius 3 is 3.12 bits per heavy atom. The molecule has 0 bridgehead atoms. The number of nitrogens with one attached hydrogen (secondary N) is 1.